The van der Waals surface area contributed by atoms with Crippen LogP contribution in [0, 0.1) is 0 Å². The lowest BCUT2D eigenvalue weighted by atomic mass is 9.99. The molecule has 0 spiro atoms. The quantitative estimate of drug-likeness (QED) is 0.761. The molecule has 1 aromatic rings. The van der Waals surface area contributed by atoms with Crippen LogP contribution in [-0.4, -0.2) is 25.3 Å². The van der Waals surface area contributed by atoms with Crippen LogP contribution < -0.4 is 5.32 Å². The van der Waals surface area contributed by atoms with Gasteiger partial charge in [-0.2, -0.15) is 0 Å². The molecular weight excluding hydrogens is 314 g/mol. The molecule has 112 valence electrons. The van der Waals surface area contributed by atoms with Gasteiger partial charge in [-0.3, -0.25) is 0 Å². The lowest BCUT2D eigenvalue weighted by molar-refractivity contribution is 0.101. The first-order valence-electron chi connectivity index (χ1n) is 7.87. The van der Waals surface area contributed by atoms with E-state index in [2.05, 4.69) is 52.4 Å². The molecule has 2 nitrogen and oxygen atoms in total. The van der Waals surface area contributed by atoms with Crippen molar-refractivity contribution in [3.63, 3.8) is 0 Å². The smallest absolute Gasteiger partial charge is 0.0576 e. The van der Waals surface area contributed by atoms with Gasteiger partial charge >= 0.3 is 0 Å². The van der Waals surface area contributed by atoms with E-state index in [1.165, 1.54) is 42.1 Å². The van der Waals surface area contributed by atoms with Gasteiger partial charge in [0, 0.05) is 17.1 Å². The molecule has 0 saturated carbocycles. The monoisotopic (exact) mass is 339 g/mol. The zero-order valence-electron chi connectivity index (χ0n) is 12.4. The molecule has 0 aliphatic carbocycles. The minimum absolute atomic E-state index is 0.531. The summed E-state index contributed by atoms with van der Waals surface area (Å²) in [5.74, 6) is 0. The standard InChI is InChI=1S/C17H26BrNO/c1-2-19-16(8-4-9-17-10-5-11-20-17)13-14-6-3-7-15(18)12-14/h3,6-7,12,16-17,19H,2,4-5,8-11,13H2,1H3. The number of benzene rings is 1. The summed E-state index contributed by atoms with van der Waals surface area (Å²) in [7, 11) is 0. The fourth-order valence-electron chi connectivity index (χ4n) is 2.98. The molecule has 0 radical (unpaired) electrons. The molecule has 1 heterocycles. The molecule has 1 N–H and O–H groups in total. The fourth-order valence-corrected chi connectivity index (χ4v) is 3.42. The maximum Gasteiger partial charge on any atom is 0.0576 e. The van der Waals surface area contributed by atoms with E-state index >= 15 is 0 Å². The zero-order valence-corrected chi connectivity index (χ0v) is 14.0. The number of nitrogens with one attached hydrogen (secondary N) is 1. The maximum atomic E-state index is 5.70. The van der Waals surface area contributed by atoms with Gasteiger partial charge in [-0.15, -0.1) is 0 Å². The third-order valence-electron chi connectivity index (χ3n) is 3.97. The molecular formula is C17H26BrNO. The average molecular weight is 340 g/mol. The second kappa shape index (κ2) is 8.81. The lowest BCUT2D eigenvalue weighted by Crippen LogP contribution is -2.31. The first kappa shape index (κ1) is 16.0. The van der Waals surface area contributed by atoms with Crippen molar-refractivity contribution in [1.82, 2.24) is 5.32 Å². The van der Waals surface area contributed by atoms with Crippen molar-refractivity contribution < 1.29 is 4.74 Å². The van der Waals surface area contributed by atoms with Crippen LogP contribution in [0.3, 0.4) is 0 Å². The molecule has 2 unspecified atom stereocenters. The van der Waals surface area contributed by atoms with Crippen LogP contribution in [0.1, 0.15) is 44.6 Å². The van der Waals surface area contributed by atoms with Gasteiger partial charge in [-0.1, -0.05) is 35.0 Å². The van der Waals surface area contributed by atoms with Crippen LogP contribution in [0.5, 0.6) is 0 Å². The molecule has 3 heteroatoms. The highest BCUT2D eigenvalue weighted by molar-refractivity contribution is 9.10. The number of hydrogen-bond donors (Lipinski definition) is 1. The summed E-state index contributed by atoms with van der Waals surface area (Å²) in [4.78, 5) is 0. The normalized spacial score (nSPS) is 20.2. The van der Waals surface area contributed by atoms with Crippen LogP contribution in [-0.2, 0) is 11.2 Å². The molecule has 1 aliphatic heterocycles. The van der Waals surface area contributed by atoms with E-state index in [1.54, 1.807) is 0 Å². The minimum Gasteiger partial charge on any atom is -0.378 e. The Morgan fingerprint density at radius 3 is 3.05 bits per heavy atom. The number of ether oxygens (including phenoxy) is 1. The minimum atomic E-state index is 0.531. The summed E-state index contributed by atoms with van der Waals surface area (Å²) >= 11 is 3.55. The summed E-state index contributed by atoms with van der Waals surface area (Å²) in [5, 5.41) is 3.62. The Morgan fingerprint density at radius 2 is 2.35 bits per heavy atom. The Hall–Kier alpha value is -0.380. The highest BCUT2D eigenvalue weighted by atomic mass is 79.9. The van der Waals surface area contributed by atoms with Crippen molar-refractivity contribution in [3.05, 3.63) is 34.3 Å². The molecule has 0 bridgehead atoms. The number of rotatable bonds is 8. The van der Waals surface area contributed by atoms with E-state index in [9.17, 15) is 0 Å². The molecule has 1 fully saturated rings. The zero-order chi connectivity index (χ0) is 14.2. The molecule has 20 heavy (non-hydrogen) atoms. The average Bonchev–Trinajstić information content (AvgIpc) is 2.92. The van der Waals surface area contributed by atoms with Crippen molar-refractivity contribution in [3.8, 4) is 0 Å². The van der Waals surface area contributed by atoms with Crippen molar-refractivity contribution in [2.24, 2.45) is 0 Å². The molecule has 2 atom stereocenters. The Labute approximate surface area is 131 Å². The van der Waals surface area contributed by atoms with Gasteiger partial charge in [-0.25, -0.2) is 0 Å². The Kier molecular flexibility index (Phi) is 7.05. The molecule has 1 aliphatic rings. The first-order valence-corrected chi connectivity index (χ1v) is 8.66. The molecule has 2 rings (SSSR count). The third kappa shape index (κ3) is 5.55. The van der Waals surface area contributed by atoms with E-state index in [4.69, 9.17) is 4.74 Å². The van der Waals surface area contributed by atoms with Gasteiger partial charge in [0.1, 0.15) is 0 Å². The maximum absolute atomic E-state index is 5.70. The predicted octanol–water partition coefficient (Wildman–Crippen LogP) is 4.32. The Balaban J connectivity index is 1.77. The SMILES string of the molecule is CCNC(CCCC1CCCO1)Cc1cccc(Br)c1. The van der Waals surface area contributed by atoms with Crippen LogP contribution in [0.4, 0.5) is 0 Å². The van der Waals surface area contributed by atoms with Crippen LogP contribution in [0.2, 0.25) is 0 Å². The van der Waals surface area contributed by atoms with E-state index in [0.29, 0.717) is 12.1 Å². The fraction of sp³-hybridized carbons (Fsp3) is 0.647. The molecule has 1 aromatic carbocycles. The summed E-state index contributed by atoms with van der Waals surface area (Å²) < 4.78 is 6.87. The van der Waals surface area contributed by atoms with Gasteiger partial charge in [0.2, 0.25) is 0 Å². The summed E-state index contributed by atoms with van der Waals surface area (Å²) in [6.07, 6.45) is 7.87. The Bertz CT molecular complexity index is 390. The van der Waals surface area contributed by atoms with Crippen LogP contribution >= 0.6 is 15.9 Å². The first-order chi connectivity index (χ1) is 9.78. The summed E-state index contributed by atoms with van der Waals surface area (Å²) in [5.41, 5.74) is 1.41. The second-order valence-electron chi connectivity index (χ2n) is 5.65. The van der Waals surface area contributed by atoms with Crippen LogP contribution in [0.15, 0.2) is 28.7 Å². The second-order valence-corrected chi connectivity index (χ2v) is 6.57. The van der Waals surface area contributed by atoms with E-state index in [0.717, 1.165) is 19.6 Å². The molecule has 0 aromatic heterocycles. The van der Waals surface area contributed by atoms with Crippen molar-refractivity contribution in [2.45, 2.75) is 57.6 Å². The number of hydrogen-bond acceptors (Lipinski definition) is 2. The Morgan fingerprint density at radius 1 is 1.45 bits per heavy atom. The topological polar surface area (TPSA) is 21.3 Å². The van der Waals surface area contributed by atoms with E-state index in [-0.39, 0.29) is 0 Å². The van der Waals surface area contributed by atoms with Crippen molar-refractivity contribution in [1.29, 1.82) is 0 Å². The molecule has 1 saturated heterocycles. The number of likely N-dealkylation sites (N-methyl/N-ethyl adjacent to an activating group) is 1. The summed E-state index contributed by atoms with van der Waals surface area (Å²) in [6.45, 7) is 4.20. The largest absolute Gasteiger partial charge is 0.378 e. The highest BCUT2D eigenvalue weighted by Gasteiger charge is 2.16. The van der Waals surface area contributed by atoms with Gasteiger partial charge in [-0.05, 0) is 62.8 Å². The highest BCUT2D eigenvalue weighted by Crippen LogP contribution is 2.19. The lowest BCUT2D eigenvalue weighted by Gasteiger charge is -2.19. The van der Waals surface area contributed by atoms with Gasteiger partial charge in [0.05, 0.1) is 6.10 Å². The third-order valence-corrected chi connectivity index (χ3v) is 4.46. The summed E-state index contributed by atoms with van der Waals surface area (Å²) in [6, 6.07) is 9.23. The predicted molar refractivity (Wildman–Crippen MR) is 88.1 cm³/mol. The van der Waals surface area contributed by atoms with Crippen molar-refractivity contribution >= 4 is 15.9 Å². The van der Waals surface area contributed by atoms with Crippen molar-refractivity contribution in [2.75, 3.05) is 13.2 Å². The van der Waals surface area contributed by atoms with E-state index < -0.39 is 0 Å². The molecule has 0 amide bonds. The van der Waals surface area contributed by atoms with Gasteiger partial charge in [0.25, 0.3) is 0 Å². The van der Waals surface area contributed by atoms with E-state index in [1.807, 2.05) is 0 Å². The number of halogens is 1. The van der Waals surface area contributed by atoms with Gasteiger partial charge < -0.3 is 10.1 Å². The van der Waals surface area contributed by atoms with Gasteiger partial charge in [0.15, 0.2) is 0 Å². The van der Waals surface area contributed by atoms with Crippen LogP contribution in [0.25, 0.3) is 0 Å².